The number of benzene rings is 4. The summed E-state index contributed by atoms with van der Waals surface area (Å²) in [6.45, 7) is 0.657. The third-order valence-electron chi connectivity index (χ3n) is 8.88. The Morgan fingerprint density at radius 1 is 0.784 bits per heavy atom. The number of aryl methyl sites for hydroxylation is 1. The lowest BCUT2D eigenvalue weighted by molar-refractivity contribution is -0.146. The molecule has 2 unspecified atom stereocenters. The lowest BCUT2D eigenvalue weighted by atomic mass is 9.85. The Morgan fingerprint density at radius 3 is 2.10 bits per heavy atom. The van der Waals surface area contributed by atoms with Crippen molar-refractivity contribution in [3.8, 4) is 22.6 Å². The van der Waals surface area contributed by atoms with Crippen molar-refractivity contribution in [1.82, 2.24) is 5.32 Å². The molecule has 0 heterocycles. The second-order valence-electron chi connectivity index (χ2n) is 12.4. The van der Waals surface area contributed by atoms with E-state index in [0.717, 1.165) is 41.7 Å². The largest absolute Gasteiger partial charge is 0.493 e. The van der Waals surface area contributed by atoms with Gasteiger partial charge in [-0.2, -0.15) is 13.2 Å². The van der Waals surface area contributed by atoms with Crippen LogP contribution in [0.1, 0.15) is 69.5 Å². The van der Waals surface area contributed by atoms with Crippen LogP contribution in [0, 0.1) is 5.92 Å². The normalized spacial score (nSPS) is 15.8. The molecule has 1 amide bonds. The minimum Gasteiger partial charge on any atom is -0.493 e. The second-order valence-corrected chi connectivity index (χ2v) is 12.4. The summed E-state index contributed by atoms with van der Waals surface area (Å²) in [6, 6.07) is 24.7. The van der Waals surface area contributed by atoms with E-state index >= 15 is 0 Å². The van der Waals surface area contributed by atoms with Gasteiger partial charge < -0.3 is 24.3 Å². The lowest BCUT2D eigenvalue weighted by Crippen LogP contribution is -2.40. The fourth-order valence-electron chi connectivity index (χ4n) is 6.07. The van der Waals surface area contributed by atoms with Gasteiger partial charge in [-0.05, 0) is 96.8 Å². The van der Waals surface area contributed by atoms with Gasteiger partial charge in [-0.1, -0.05) is 55.0 Å². The third kappa shape index (κ3) is 10.1. The number of ether oxygens (including phenoxy) is 4. The Bertz CT molecular complexity index is 1790. The van der Waals surface area contributed by atoms with Gasteiger partial charge in [0.15, 0.2) is 0 Å². The van der Waals surface area contributed by atoms with E-state index in [1.54, 1.807) is 12.1 Å². The van der Waals surface area contributed by atoms with Crippen LogP contribution in [-0.2, 0) is 33.5 Å². The number of esters is 2. The molecule has 5 rings (SSSR count). The Balaban J connectivity index is 1.11. The average molecular weight is 704 g/mol. The molecule has 0 aliphatic heterocycles. The predicted molar refractivity (Wildman–Crippen MR) is 184 cm³/mol. The topological polar surface area (TPSA) is 100 Å². The maximum atomic E-state index is 13.4. The minimum absolute atomic E-state index is 0.210. The van der Waals surface area contributed by atoms with Crippen LogP contribution < -0.4 is 14.8 Å². The standard InChI is InChI=1S/C40H40F3NO7/c1-48-38(46)30-6-3-7-33(23-30)44-37(45)35-24-31(39(47)49-2)16-21-36(35)50-22-4-5-26-10-19-34(20-11-26)51-25-27-8-12-28(13-9-27)29-14-17-32(18-15-29)40(41,42)43/h8-21,24,30,33H,3-7,22-23,25H2,1-2H3,(H,44,45). The number of amides is 1. The molecular weight excluding hydrogens is 663 g/mol. The molecule has 4 aromatic rings. The van der Waals surface area contributed by atoms with Crippen molar-refractivity contribution in [3.05, 3.63) is 119 Å². The first kappa shape index (κ1) is 36.9. The molecular formula is C40H40F3NO7. The first-order valence-electron chi connectivity index (χ1n) is 16.8. The maximum absolute atomic E-state index is 13.4. The van der Waals surface area contributed by atoms with Gasteiger partial charge in [0.1, 0.15) is 18.1 Å². The Morgan fingerprint density at radius 2 is 1.45 bits per heavy atom. The molecule has 1 aliphatic rings. The van der Waals surface area contributed by atoms with E-state index in [4.69, 9.17) is 18.9 Å². The molecule has 51 heavy (non-hydrogen) atoms. The van der Waals surface area contributed by atoms with Crippen LogP contribution in [0.3, 0.4) is 0 Å². The van der Waals surface area contributed by atoms with E-state index in [-0.39, 0.29) is 29.1 Å². The fourth-order valence-corrected chi connectivity index (χ4v) is 6.07. The van der Waals surface area contributed by atoms with Crippen molar-refractivity contribution >= 4 is 17.8 Å². The van der Waals surface area contributed by atoms with Crippen molar-refractivity contribution in [3.63, 3.8) is 0 Å². The van der Waals surface area contributed by atoms with Gasteiger partial charge >= 0.3 is 18.1 Å². The van der Waals surface area contributed by atoms with Crippen molar-refractivity contribution in [2.45, 2.75) is 57.3 Å². The summed E-state index contributed by atoms with van der Waals surface area (Å²) < 4.78 is 60.3. The molecule has 1 saturated carbocycles. The van der Waals surface area contributed by atoms with E-state index < -0.39 is 23.6 Å². The second kappa shape index (κ2) is 17.1. The molecule has 0 radical (unpaired) electrons. The van der Waals surface area contributed by atoms with Crippen LogP contribution in [0.15, 0.2) is 91.0 Å². The highest BCUT2D eigenvalue weighted by molar-refractivity contribution is 6.00. The van der Waals surface area contributed by atoms with Crippen LogP contribution in [0.2, 0.25) is 0 Å². The van der Waals surface area contributed by atoms with Crippen LogP contribution in [-0.4, -0.2) is 44.7 Å². The first-order valence-corrected chi connectivity index (χ1v) is 16.8. The molecule has 0 spiro atoms. The van der Waals surface area contributed by atoms with Gasteiger partial charge in [-0.3, -0.25) is 9.59 Å². The van der Waals surface area contributed by atoms with Crippen molar-refractivity contribution < 1.29 is 46.5 Å². The van der Waals surface area contributed by atoms with Gasteiger partial charge in [0.2, 0.25) is 0 Å². The van der Waals surface area contributed by atoms with E-state index in [1.165, 1.54) is 32.4 Å². The van der Waals surface area contributed by atoms with Crippen molar-refractivity contribution in [2.75, 3.05) is 20.8 Å². The van der Waals surface area contributed by atoms with E-state index in [0.29, 0.717) is 56.0 Å². The number of methoxy groups -OCH3 is 2. The zero-order valence-electron chi connectivity index (χ0n) is 28.5. The quantitative estimate of drug-likeness (QED) is 0.111. The minimum atomic E-state index is -4.37. The summed E-state index contributed by atoms with van der Waals surface area (Å²) in [5.74, 6) is -0.470. The Labute approximate surface area is 294 Å². The summed E-state index contributed by atoms with van der Waals surface area (Å²) in [4.78, 5) is 37.7. The van der Waals surface area contributed by atoms with Gasteiger partial charge in [-0.25, -0.2) is 4.79 Å². The smallest absolute Gasteiger partial charge is 0.416 e. The molecule has 8 nitrogen and oxygen atoms in total. The van der Waals surface area contributed by atoms with Gasteiger partial charge in [-0.15, -0.1) is 0 Å². The average Bonchev–Trinajstić information content (AvgIpc) is 3.15. The number of nitrogens with one attached hydrogen (secondary N) is 1. The van der Waals surface area contributed by atoms with Crippen molar-refractivity contribution in [1.29, 1.82) is 0 Å². The number of hydrogen-bond donors (Lipinski definition) is 1. The molecule has 4 aromatic carbocycles. The molecule has 11 heteroatoms. The van der Waals surface area contributed by atoms with Gasteiger partial charge in [0.05, 0.1) is 43.4 Å². The Hall–Kier alpha value is -5.32. The number of hydrogen-bond acceptors (Lipinski definition) is 7. The summed E-state index contributed by atoms with van der Waals surface area (Å²) in [7, 11) is 2.63. The molecule has 1 N–H and O–H groups in total. The van der Waals surface area contributed by atoms with Crippen LogP contribution in [0.25, 0.3) is 11.1 Å². The number of alkyl halides is 3. The molecule has 2 atom stereocenters. The summed E-state index contributed by atoms with van der Waals surface area (Å²) in [5, 5.41) is 3.00. The lowest BCUT2D eigenvalue weighted by Gasteiger charge is -2.28. The summed E-state index contributed by atoms with van der Waals surface area (Å²) in [5.41, 5.74) is 3.27. The maximum Gasteiger partial charge on any atom is 0.416 e. The summed E-state index contributed by atoms with van der Waals surface area (Å²) >= 11 is 0. The van der Waals surface area contributed by atoms with E-state index in [9.17, 15) is 27.6 Å². The summed E-state index contributed by atoms with van der Waals surface area (Å²) in [6.07, 6.45) is -0.271. The van der Waals surface area contributed by atoms with Gasteiger partial charge in [0, 0.05) is 6.04 Å². The molecule has 268 valence electrons. The highest BCUT2D eigenvalue weighted by Crippen LogP contribution is 2.31. The zero-order valence-corrected chi connectivity index (χ0v) is 28.5. The van der Waals surface area contributed by atoms with Crippen LogP contribution in [0.4, 0.5) is 13.2 Å². The monoisotopic (exact) mass is 703 g/mol. The van der Waals surface area contributed by atoms with Crippen molar-refractivity contribution in [2.24, 2.45) is 5.92 Å². The zero-order chi connectivity index (χ0) is 36.4. The predicted octanol–water partition coefficient (Wildman–Crippen LogP) is 8.21. The van der Waals surface area contributed by atoms with Gasteiger partial charge in [0.25, 0.3) is 5.91 Å². The molecule has 0 bridgehead atoms. The van der Waals surface area contributed by atoms with Crippen LogP contribution in [0.5, 0.6) is 11.5 Å². The molecule has 0 saturated heterocycles. The fraction of sp³-hybridized carbons (Fsp3) is 0.325. The third-order valence-corrected chi connectivity index (χ3v) is 8.88. The molecule has 1 fully saturated rings. The Kier molecular flexibility index (Phi) is 12.4. The first-order chi connectivity index (χ1) is 24.5. The number of carbonyl (C=O) groups is 3. The molecule has 1 aliphatic carbocycles. The number of carbonyl (C=O) groups excluding carboxylic acids is 3. The van der Waals surface area contributed by atoms with E-state index in [2.05, 4.69) is 5.32 Å². The highest BCUT2D eigenvalue weighted by atomic mass is 19.4. The van der Waals surface area contributed by atoms with E-state index in [1.807, 2.05) is 48.5 Å². The number of halogens is 3. The SMILES string of the molecule is COC(=O)c1ccc(OCCCc2ccc(OCc3ccc(-c4ccc(C(F)(F)F)cc4)cc3)cc2)c(C(=O)NC2CCCC(C(=O)OC)C2)c1. The van der Waals surface area contributed by atoms with Crippen LogP contribution >= 0.6 is 0 Å². The molecule has 0 aromatic heterocycles. The highest BCUT2D eigenvalue weighted by Gasteiger charge is 2.31. The number of rotatable bonds is 13.